The second kappa shape index (κ2) is 6.68. The van der Waals surface area contributed by atoms with Crippen LogP contribution in [0.4, 0.5) is 4.79 Å². The molecule has 0 aromatic carbocycles. The van der Waals surface area contributed by atoms with Crippen molar-refractivity contribution in [3.05, 3.63) is 11.9 Å². The van der Waals surface area contributed by atoms with Crippen LogP contribution in [0.1, 0.15) is 23.3 Å². The average molecular weight is 296 g/mol. The Labute approximate surface area is 119 Å². The van der Waals surface area contributed by atoms with Gasteiger partial charge in [0.25, 0.3) is 0 Å². The maximum absolute atomic E-state index is 11.5. The summed E-state index contributed by atoms with van der Waals surface area (Å²) in [7, 11) is 0. The minimum atomic E-state index is -1.15. The van der Waals surface area contributed by atoms with Crippen LogP contribution < -0.4 is 16.0 Å². The molecule has 1 aromatic heterocycles. The van der Waals surface area contributed by atoms with Crippen molar-refractivity contribution in [2.75, 3.05) is 13.1 Å². The highest BCUT2D eigenvalue weighted by Gasteiger charge is 2.20. The molecule has 1 atom stereocenters. The van der Waals surface area contributed by atoms with Gasteiger partial charge in [-0.1, -0.05) is 5.21 Å². The standard InChI is InChI=1S/C11H16N6O4/c18-9-2-1-7(14-9)5-13-11(21)12-3-4-17-6-8(10(19)20)15-16-17/h6-7H,1-5H2,(H,14,18)(H,19,20)(H2,12,13,21). The van der Waals surface area contributed by atoms with E-state index < -0.39 is 5.97 Å². The molecule has 0 aliphatic carbocycles. The fraction of sp³-hybridized carbons (Fsp3) is 0.545. The summed E-state index contributed by atoms with van der Waals surface area (Å²) in [4.78, 5) is 33.1. The maximum Gasteiger partial charge on any atom is 0.358 e. The summed E-state index contributed by atoms with van der Waals surface area (Å²) in [5, 5.41) is 23.8. The van der Waals surface area contributed by atoms with E-state index >= 15 is 0 Å². The molecule has 0 bridgehead atoms. The van der Waals surface area contributed by atoms with Crippen molar-refractivity contribution >= 4 is 17.9 Å². The molecular formula is C11H16N6O4. The van der Waals surface area contributed by atoms with Crippen molar-refractivity contribution < 1.29 is 19.5 Å². The maximum atomic E-state index is 11.5. The lowest BCUT2D eigenvalue weighted by atomic mass is 10.2. The molecule has 10 nitrogen and oxygen atoms in total. The Balaban J connectivity index is 1.62. The topological polar surface area (TPSA) is 138 Å². The molecule has 0 saturated carbocycles. The average Bonchev–Trinajstić information content (AvgIpc) is 3.05. The van der Waals surface area contributed by atoms with Crippen LogP contribution in [-0.4, -0.2) is 57.1 Å². The number of carboxylic acids is 1. The van der Waals surface area contributed by atoms with Gasteiger partial charge in [-0.05, 0) is 6.42 Å². The first-order valence-electron chi connectivity index (χ1n) is 6.49. The number of carbonyl (C=O) groups is 3. The Bertz CT molecular complexity index is 543. The summed E-state index contributed by atoms with van der Waals surface area (Å²) in [6, 6.07) is -0.369. The number of urea groups is 1. The van der Waals surface area contributed by atoms with Gasteiger partial charge in [0.15, 0.2) is 5.69 Å². The zero-order valence-electron chi connectivity index (χ0n) is 11.2. The first-order chi connectivity index (χ1) is 10.0. The Morgan fingerprint density at radius 1 is 1.48 bits per heavy atom. The van der Waals surface area contributed by atoms with Crippen LogP contribution in [0.5, 0.6) is 0 Å². The lowest BCUT2D eigenvalue weighted by Gasteiger charge is -2.12. The normalized spacial score (nSPS) is 17.3. The predicted octanol–water partition coefficient (Wildman–Crippen LogP) is -1.45. The van der Waals surface area contributed by atoms with Gasteiger partial charge in [-0.3, -0.25) is 4.79 Å². The molecule has 0 radical (unpaired) electrons. The molecule has 4 N–H and O–H groups in total. The zero-order valence-corrected chi connectivity index (χ0v) is 11.2. The van der Waals surface area contributed by atoms with Crippen LogP contribution in [0.2, 0.25) is 0 Å². The van der Waals surface area contributed by atoms with E-state index in [1.54, 1.807) is 0 Å². The van der Waals surface area contributed by atoms with Crippen molar-refractivity contribution in [2.24, 2.45) is 0 Å². The third-order valence-electron chi connectivity index (χ3n) is 2.98. The molecule has 21 heavy (non-hydrogen) atoms. The van der Waals surface area contributed by atoms with E-state index in [0.29, 0.717) is 19.5 Å². The Morgan fingerprint density at radius 2 is 2.29 bits per heavy atom. The second-order valence-corrected chi connectivity index (χ2v) is 4.61. The third kappa shape index (κ3) is 4.44. The van der Waals surface area contributed by atoms with E-state index in [1.165, 1.54) is 10.9 Å². The number of carboxylic acid groups (broad SMARTS) is 1. The number of carbonyl (C=O) groups excluding carboxylic acids is 2. The van der Waals surface area contributed by atoms with Gasteiger partial charge in [0, 0.05) is 25.6 Å². The summed E-state index contributed by atoms with van der Waals surface area (Å²) in [6.07, 6.45) is 2.50. The van der Waals surface area contributed by atoms with Crippen LogP contribution in [0, 0.1) is 0 Å². The molecule has 1 fully saturated rings. The Hall–Kier alpha value is -2.65. The number of aromatic nitrogens is 3. The minimum Gasteiger partial charge on any atom is -0.476 e. The van der Waals surface area contributed by atoms with Gasteiger partial charge >= 0.3 is 12.0 Å². The fourth-order valence-corrected chi connectivity index (χ4v) is 1.90. The van der Waals surface area contributed by atoms with Crippen LogP contribution >= 0.6 is 0 Å². The lowest BCUT2D eigenvalue weighted by Crippen LogP contribution is -2.43. The highest BCUT2D eigenvalue weighted by Crippen LogP contribution is 2.04. The SMILES string of the molecule is O=C1CCC(CNC(=O)NCCn2cc(C(=O)O)nn2)N1. The predicted molar refractivity (Wildman–Crippen MR) is 69.5 cm³/mol. The number of amides is 3. The first-order valence-corrected chi connectivity index (χ1v) is 6.49. The number of nitrogens with zero attached hydrogens (tertiary/aromatic N) is 3. The highest BCUT2D eigenvalue weighted by molar-refractivity contribution is 5.84. The molecule has 1 unspecified atom stereocenters. The van der Waals surface area contributed by atoms with Gasteiger partial charge in [0.2, 0.25) is 5.91 Å². The fourth-order valence-electron chi connectivity index (χ4n) is 1.90. The largest absolute Gasteiger partial charge is 0.476 e. The smallest absolute Gasteiger partial charge is 0.358 e. The first kappa shape index (κ1) is 14.8. The summed E-state index contributed by atoms with van der Waals surface area (Å²) >= 11 is 0. The van der Waals surface area contributed by atoms with E-state index in [1.807, 2.05) is 0 Å². The summed E-state index contributed by atoms with van der Waals surface area (Å²) in [6.45, 7) is 0.975. The molecule has 1 aliphatic rings. The number of hydrogen-bond acceptors (Lipinski definition) is 5. The Kier molecular flexibility index (Phi) is 4.69. The molecule has 1 aliphatic heterocycles. The van der Waals surface area contributed by atoms with Crippen LogP contribution in [-0.2, 0) is 11.3 Å². The number of hydrogen-bond donors (Lipinski definition) is 4. The van der Waals surface area contributed by atoms with Crippen molar-refractivity contribution in [3.63, 3.8) is 0 Å². The molecule has 10 heteroatoms. The molecule has 1 saturated heterocycles. The van der Waals surface area contributed by atoms with Gasteiger partial charge in [0.1, 0.15) is 0 Å². The van der Waals surface area contributed by atoms with Gasteiger partial charge in [0.05, 0.1) is 12.7 Å². The molecule has 114 valence electrons. The summed E-state index contributed by atoms with van der Waals surface area (Å²) < 4.78 is 1.33. The Morgan fingerprint density at radius 3 is 2.90 bits per heavy atom. The molecule has 2 heterocycles. The van der Waals surface area contributed by atoms with Crippen LogP contribution in [0.25, 0.3) is 0 Å². The number of nitrogens with one attached hydrogen (secondary N) is 3. The molecule has 2 rings (SSSR count). The van der Waals surface area contributed by atoms with Crippen LogP contribution in [0.15, 0.2) is 6.20 Å². The van der Waals surface area contributed by atoms with Gasteiger partial charge in [-0.15, -0.1) is 5.10 Å². The minimum absolute atomic E-state index is 0.00243. The van der Waals surface area contributed by atoms with Crippen molar-refractivity contribution in [1.82, 2.24) is 30.9 Å². The number of aromatic carboxylic acids is 1. The van der Waals surface area contributed by atoms with E-state index in [4.69, 9.17) is 5.11 Å². The van der Waals surface area contributed by atoms with Crippen molar-refractivity contribution in [3.8, 4) is 0 Å². The van der Waals surface area contributed by atoms with Crippen molar-refractivity contribution in [2.45, 2.75) is 25.4 Å². The summed E-state index contributed by atoms with van der Waals surface area (Å²) in [5.41, 5.74) is -0.142. The quantitative estimate of drug-likeness (QED) is 0.507. The third-order valence-corrected chi connectivity index (χ3v) is 2.98. The van der Waals surface area contributed by atoms with Gasteiger partial charge < -0.3 is 21.1 Å². The highest BCUT2D eigenvalue weighted by atomic mass is 16.4. The molecular weight excluding hydrogens is 280 g/mol. The second-order valence-electron chi connectivity index (χ2n) is 4.61. The molecule has 0 spiro atoms. The zero-order chi connectivity index (χ0) is 15.2. The van der Waals surface area contributed by atoms with Gasteiger partial charge in [-0.25, -0.2) is 14.3 Å². The lowest BCUT2D eigenvalue weighted by molar-refractivity contribution is -0.119. The molecule has 3 amide bonds. The summed E-state index contributed by atoms with van der Waals surface area (Å²) in [5.74, 6) is -1.15. The van der Waals surface area contributed by atoms with E-state index in [2.05, 4.69) is 26.3 Å². The van der Waals surface area contributed by atoms with E-state index in [-0.39, 0.29) is 30.2 Å². The van der Waals surface area contributed by atoms with Crippen LogP contribution in [0.3, 0.4) is 0 Å². The van der Waals surface area contributed by atoms with Gasteiger partial charge in [-0.2, -0.15) is 0 Å². The van der Waals surface area contributed by atoms with Crippen molar-refractivity contribution in [1.29, 1.82) is 0 Å². The molecule has 1 aromatic rings. The number of rotatable bonds is 6. The van der Waals surface area contributed by atoms with E-state index in [9.17, 15) is 14.4 Å². The monoisotopic (exact) mass is 296 g/mol. The van der Waals surface area contributed by atoms with E-state index in [0.717, 1.165) is 6.42 Å².